The predicted molar refractivity (Wildman–Crippen MR) is 139 cm³/mol. The van der Waals surface area contributed by atoms with E-state index in [4.69, 9.17) is 9.47 Å². The Morgan fingerprint density at radius 1 is 0.886 bits per heavy atom. The fourth-order valence-electron chi connectivity index (χ4n) is 6.06. The van der Waals surface area contributed by atoms with Crippen molar-refractivity contribution in [2.75, 3.05) is 19.8 Å². The Labute approximate surface area is 207 Å². The van der Waals surface area contributed by atoms with Gasteiger partial charge >= 0.3 is 6.09 Å². The number of fused-ring (bicyclic) bond motifs is 5. The minimum absolute atomic E-state index is 0.00888. The number of aryl methyl sites for hydroxylation is 3. The molecule has 3 aliphatic rings. The van der Waals surface area contributed by atoms with Crippen LogP contribution in [0.5, 0.6) is 0 Å². The molecule has 1 saturated heterocycles. The smallest absolute Gasteiger partial charge is 0.410 e. The molecule has 0 radical (unpaired) electrons. The number of carbonyl (C=O) groups excluding carboxylic acids is 1. The highest BCUT2D eigenvalue weighted by molar-refractivity contribution is 5.79. The molecule has 35 heavy (non-hydrogen) atoms. The molecule has 0 aromatic heterocycles. The first kappa shape index (κ1) is 22.1. The highest BCUT2D eigenvalue weighted by atomic mass is 16.6. The van der Waals surface area contributed by atoms with E-state index < -0.39 is 0 Å². The van der Waals surface area contributed by atoms with E-state index in [9.17, 15) is 4.79 Å². The van der Waals surface area contributed by atoms with Crippen molar-refractivity contribution >= 4 is 11.7 Å². The van der Waals surface area contributed by atoms with Crippen LogP contribution >= 0.6 is 0 Å². The summed E-state index contributed by atoms with van der Waals surface area (Å²) in [5.74, 6) is 0.0662. The van der Waals surface area contributed by atoms with Crippen LogP contribution in [-0.2, 0) is 9.47 Å². The number of morpholine rings is 1. The van der Waals surface area contributed by atoms with Gasteiger partial charge in [0.05, 0.1) is 25.3 Å². The first-order valence-corrected chi connectivity index (χ1v) is 12.5. The van der Waals surface area contributed by atoms with Gasteiger partial charge in [-0.25, -0.2) is 4.79 Å². The van der Waals surface area contributed by atoms with Gasteiger partial charge in [-0.3, -0.25) is 4.90 Å². The lowest BCUT2D eigenvalue weighted by Crippen LogP contribution is -2.56. The second kappa shape index (κ2) is 8.69. The SMILES string of the molecule is Cc1cc(C)c(C2=CC3COCC(C2)N3C(=O)OCC2c3ccccc3-c3ccccc32)cc1C. The molecule has 2 unspecified atom stereocenters. The van der Waals surface area contributed by atoms with Gasteiger partial charge in [0.25, 0.3) is 0 Å². The molecule has 3 aromatic carbocycles. The number of amides is 1. The molecule has 4 heteroatoms. The number of ether oxygens (including phenoxy) is 2. The van der Waals surface area contributed by atoms with Crippen LogP contribution in [0.3, 0.4) is 0 Å². The Morgan fingerprint density at radius 2 is 1.54 bits per heavy atom. The molecular weight excluding hydrogens is 434 g/mol. The van der Waals surface area contributed by atoms with Crippen LogP contribution in [0.25, 0.3) is 16.7 Å². The van der Waals surface area contributed by atoms with Crippen LogP contribution in [0.2, 0.25) is 0 Å². The van der Waals surface area contributed by atoms with Crippen LogP contribution in [-0.4, -0.2) is 42.9 Å². The quantitative estimate of drug-likeness (QED) is 0.448. The maximum Gasteiger partial charge on any atom is 0.410 e. The second-order valence-electron chi connectivity index (χ2n) is 10.1. The van der Waals surface area contributed by atoms with E-state index in [1.165, 1.54) is 50.1 Å². The van der Waals surface area contributed by atoms with Crippen LogP contribution in [0, 0.1) is 20.8 Å². The number of rotatable bonds is 3. The summed E-state index contributed by atoms with van der Waals surface area (Å²) in [5, 5.41) is 0. The van der Waals surface area contributed by atoms with E-state index in [0.717, 1.165) is 6.42 Å². The van der Waals surface area contributed by atoms with Crippen molar-refractivity contribution in [3.05, 3.63) is 100 Å². The average Bonchev–Trinajstić information content (AvgIpc) is 3.18. The van der Waals surface area contributed by atoms with E-state index >= 15 is 0 Å². The first-order valence-electron chi connectivity index (χ1n) is 12.5. The molecule has 1 aliphatic carbocycles. The van der Waals surface area contributed by atoms with E-state index in [2.05, 4.69) is 87.5 Å². The zero-order valence-electron chi connectivity index (χ0n) is 20.6. The zero-order chi connectivity index (χ0) is 24.1. The van der Waals surface area contributed by atoms with Gasteiger partial charge in [0, 0.05) is 5.92 Å². The summed E-state index contributed by atoms with van der Waals surface area (Å²) in [6.07, 6.45) is 2.76. The third-order valence-electron chi connectivity index (χ3n) is 7.93. The molecule has 178 valence electrons. The normalized spacial score (nSPS) is 20.8. The van der Waals surface area contributed by atoms with E-state index in [-0.39, 0.29) is 24.1 Å². The molecule has 1 amide bonds. The highest BCUT2D eigenvalue weighted by Gasteiger charge is 2.40. The second-order valence-corrected chi connectivity index (χ2v) is 10.1. The molecule has 0 saturated carbocycles. The third kappa shape index (κ3) is 3.77. The largest absolute Gasteiger partial charge is 0.448 e. The molecule has 0 N–H and O–H groups in total. The Kier molecular flexibility index (Phi) is 5.49. The van der Waals surface area contributed by atoms with E-state index in [1.54, 1.807) is 0 Å². The predicted octanol–water partition coefficient (Wildman–Crippen LogP) is 6.42. The Morgan fingerprint density at radius 3 is 2.23 bits per heavy atom. The summed E-state index contributed by atoms with van der Waals surface area (Å²) in [7, 11) is 0. The number of carbonyl (C=O) groups is 1. The van der Waals surface area contributed by atoms with Crippen molar-refractivity contribution in [2.24, 2.45) is 0 Å². The van der Waals surface area contributed by atoms with Gasteiger partial charge in [0.15, 0.2) is 0 Å². The van der Waals surface area contributed by atoms with Gasteiger partial charge in [-0.1, -0.05) is 66.7 Å². The Hall–Kier alpha value is -3.37. The fourth-order valence-corrected chi connectivity index (χ4v) is 6.06. The van der Waals surface area contributed by atoms with Crippen LogP contribution in [0.1, 0.15) is 45.7 Å². The van der Waals surface area contributed by atoms with Crippen molar-refractivity contribution in [1.29, 1.82) is 0 Å². The monoisotopic (exact) mass is 465 g/mol. The lowest BCUT2D eigenvalue weighted by Gasteiger charge is -2.44. The highest BCUT2D eigenvalue weighted by Crippen LogP contribution is 2.44. The zero-order valence-corrected chi connectivity index (χ0v) is 20.6. The van der Waals surface area contributed by atoms with E-state index in [1.807, 2.05) is 4.90 Å². The number of nitrogens with zero attached hydrogens (tertiary/aromatic N) is 1. The fraction of sp³-hybridized carbons (Fsp3) is 0.323. The van der Waals surface area contributed by atoms with Gasteiger partial charge in [-0.2, -0.15) is 0 Å². The minimum Gasteiger partial charge on any atom is -0.448 e. The van der Waals surface area contributed by atoms with Crippen molar-refractivity contribution < 1.29 is 14.3 Å². The first-order chi connectivity index (χ1) is 17.0. The van der Waals surface area contributed by atoms with Crippen LogP contribution in [0.4, 0.5) is 4.79 Å². The molecule has 6 rings (SSSR count). The molecule has 4 nitrogen and oxygen atoms in total. The summed E-state index contributed by atoms with van der Waals surface area (Å²) in [4.78, 5) is 15.3. The maximum absolute atomic E-state index is 13.4. The van der Waals surface area contributed by atoms with Gasteiger partial charge in [0.1, 0.15) is 6.61 Å². The van der Waals surface area contributed by atoms with E-state index in [0.29, 0.717) is 19.8 Å². The number of benzene rings is 3. The molecule has 1 fully saturated rings. The molecule has 2 atom stereocenters. The molecule has 2 bridgehead atoms. The van der Waals surface area contributed by atoms with Gasteiger partial charge in [0.2, 0.25) is 0 Å². The van der Waals surface area contributed by atoms with Crippen molar-refractivity contribution in [2.45, 2.75) is 45.2 Å². The molecular formula is C31H31NO3. The molecule has 2 aliphatic heterocycles. The summed E-state index contributed by atoms with van der Waals surface area (Å²) in [6.45, 7) is 7.89. The Balaban J connectivity index is 1.23. The molecule has 3 aromatic rings. The van der Waals surface area contributed by atoms with Crippen molar-refractivity contribution in [3.8, 4) is 11.1 Å². The number of hydrogen-bond acceptors (Lipinski definition) is 3. The molecule has 2 heterocycles. The maximum atomic E-state index is 13.4. The summed E-state index contributed by atoms with van der Waals surface area (Å²) < 4.78 is 11.9. The third-order valence-corrected chi connectivity index (χ3v) is 7.93. The minimum atomic E-state index is -0.239. The van der Waals surface area contributed by atoms with Crippen molar-refractivity contribution in [1.82, 2.24) is 4.90 Å². The summed E-state index contributed by atoms with van der Waals surface area (Å²) >= 11 is 0. The average molecular weight is 466 g/mol. The number of hydrogen-bond donors (Lipinski definition) is 0. The lowest BCUT2D eigenvalue weighted by molar-refractivity contribution is -0.0331. The van der Waals surface area contributed by atoms with Gasteiger partial charge in [-0.05, 0) is 77.3 Å². The van der Waals surface area contributed by atoms with Crippen LogP contribution < -0.4 is 0 Å². The Bertz CT molecular complexity index is 1300. The van der Waals surface area contributed by atoms with Gasteiger partial charge < -0.3 is 9.47 Å². The standard InChI is InChI=1S/C31H31NO3/c1-19-12-21(3)29(13-20(19)2)22-14-23-16-34-17-24(15-22)32(23)31(33)35-18-30-27-10-6-4-8-25(27)26-9-5-7-11-28(26)30/h4-14,23-24,30H,15-18H2,1-3H3. The topological polar surface area (TPSA) is 38.8 Å². The summed E-state index contributed by atoms with van der Waals surface area (Å²) in [6, 6.07) is 21.3. The summed E-state index contributed by atoms with van der Waals surface area (Å²) in [5.41, 5.74) is 11.4. The van der Waals surface area contributed by atoms with Gasteiger partial charge in [-0.15, -0.1) is 0 Å². The van der Waals surface area contributed by atoms with Crippen LogP contribution in [0.15, 0.2) is 66.7 Å². The lowest BCUT2D eigenvalue weighted by atomic mass is 9.86. The van der Waals surface area contributed by atoms with Crippen molar-refractivity contribution in [3.63, 3.8) is 0 Å². The molecule has 0 spiro atoms.